The van der Waals surface area contributed by atoms with Crippen LogP contribution in [-0.4, -0.2) is 37.8 Å². The third-order valence-corrected chi connectivity index (χ3v) is 6.07. The van der Waals surface area contributed by atoms with Gasteiger partial charge in [-0.1, -0.05) is 24.3 Å². The number of benzene rings is 2. The highest BCUT2D eigenvalue weighted by atomic mass is 79.9. The Morgan fingerprint density at radius 3 is 2.46 bits per heavy atom. The predicted molar refractivity (Wildman–Crippen MR) is 89.1 cm³/mol. The van der Waals surface area contributed by atoms with Gasteiger partial charge in [-0.3, -0.25) is 4.79 Å². The summed E-state index contributed by atoms with van der Waals surface area (Å²) in [5, 5.41) is 0. The Morgan fingerprint density at radius 1 is 1.08 bits per heavy atom. The first kappa shape index (κ1) is 16.7. The van der Waals surface area contributed by atoms with Gasteiger partial charge in [-0.25, -0.2) is 17.5 Å². The van der Waals surface area contributed by atoms with E-state index < -0.39 is 21.9 Å². The highest BCUT2D eigenvalue weighted by Crippen LogP contribution is 2.29. The summed E-state index contributed by atoms with van der Waals surface area (Å²) in [5.74, 6) is -1.20. The highest BCUT2D eigenvalue weighted by Gasteiger charge is 2.40. The van der Waals surface area contributed by atoms with Gasteiger partial charge in [0.1, 0.15) is 11.5 Å². The predicted octanol–water partition coefficient (Wildman–Crippen LogP) is 2.45. The molecule has 124 valence electrons. The van der Waals surface area contributed by atoms with E-state index in [2.05, 4.69) is 15.9 Å². The molecule has 1 aliphatic rings. The average molecular weight is 410 g/mol. The lowest BCUT2D eigenvalue weighted by atomic mass is 10.2. The summed E-state index contributed by atoms with van der Waals surface area (Å²) in [6, 6.07) is 12.7. The SMILES string of the molecule is O=C(OCCN1C(=O)c2ccccc2S1(=O)=O)c1ccccc1Br. The maximum Gasteiger partial charge on any atom is 0.339 e. The van der Waals surface area contributed by atoms with Crippen LogP contribution < -0.4 is 0 Å². The van der Waals surface area contributed by atoms with E-state index in [4.69, 9.17) is 4.74 Å². The molecule has 0 N–H and O–H groups in total. The molecule has 2 aromatic carbocycles. The van der Waals surface area contributed by atoms with Gasteiger partial charge in [0.2, 0.25) is 0 Å². The van der Waals surface area contributed by atoms with Crippen molar-refractivity contribution in [3.8, 4) is 0 Å². The first-order valence-electron chi connectivity index (χ1n) is 7.00. The zero-order valence-electron chi connectivity index (χ0n) is 12.3. The van der Waals surface area contributed by atoms with Crippen LogP contribution in [0.1, 0.15) is 20.7 Å². The minimum atomic E-state index is -3.88. The van der Waals surface area contributed by atoms with Crippen LogP contribution in [0.25, 0.3) is 0 Å². The number of nitrogens with zero attached hydrogens (tertiary/aromatic N) is 1. The van der Waals surface area contributed by atoms with Crippen molar-refractivity contribution in [3.63, 3.8) is 0 Å². The van der Waals surface area contributed by atoms with Gasteiger partial charge in [-0.15, -0.1) is 0 Å². The number of hydrogen-bond donors (Lipinski definition) is 0. The number of rotatable bonds is 4. The second-order valence-electron chi connectivity index (χ2n) is 4.99. The number of carbonyl (C=O) groups is 2. The maximum atomic E-state index is 12.4. The van der Waals surface area contributed by atoms with E-state index in [0.29, 0.717) is 10.0 Å². The molecule has 0 aromatic heterocycles. The molecule has 1 amide bonds. The molecule has 0 unspecified atom stereocenters. The fourth-order valence-electron chi connectivity index (χ4n) is 2.38. The van der Waals surface area contributed by atoms with Crippen molar-refractivity contribution in [3.05, 3.63) is 64.1 Å². The molecule has 3 rings (SSSR count). The summed E-state index contributed by atoms with van der Waals surface area (Å²) >= 11 is 3.24. The standard InChI is InChI=1S/C16H12BrNO5S/c17-13-7-3-1-5-11(13)16(20)23-10-9-18-15(19)12-6-2-4-8-14(12)24(18,21)22/h1-8H,9-10H2. The van der Waals surface area contributed by atoms with Crippen LogP contribution in [-0.2, 0) is 14.8 Å². The van der Waals surface area contributed by atoms with Gasteiger partial charge >= 0.3 is 5.97 Å². The molecule has 0 fully saturated rings. The molecule has 0 bridgehead atoms. The van der Waals surface area contributed by atoms with E-state index in [9.17, 15) is 18.0 Å². The summed E-state index contributed by atoms with van der Waals surface area (Å²) in [5.41, 5.74) is 0.464. The number of amides is 1. The first-order valence-corrected chi connectivity index (χ1v) is 9.24. The number of ether oxygens (including phenoxy) is 1. The fourth-order valence-corrected chi connectivity index (χ4v) is 4.38. The number of sulfonamides is 1. The van der Waals surface area contributed by atoms with Crippen LogP contribution in [0, 0.1) is 0 Å². The summed E-state index contributed by atoms with van der Waals surface area (Å²) in [7, 11) is -3.88. The van der Waals surface area contributed by atoms with Gasteiger partial charge < -0.3 is 4.74 Å². The van der Waals surface area contributed by atoms with Crippen LogP contribution in [0.3, 0.4) is 0 Å². The summed E-state index contributed by atoms with van der Waals surface area (Å²) < 4.78 is 31.1. The zero-order valence-corrected chi connectivity index (χ0v) is 14.7. The Hall–Kier alpha value is -2.19. The lowest BCUT2D eigenvalue weighted by Crippen LogP contribution is -2.33. The summed E-state index contributed by atoms with van der Waals surface area (Å²) in [4.78, 5) is 24.2. The van der Waals surface area contributed by atoms with Crippen LogP contribution >= 0.6 is 15.9 Å². The molecule has 8 heteroatoms. The van der Waals surface area contributed by atoms with Crippen LogP contribution in [0.5, 0.6) is 0 Å². The number of fused-ring (bicyclic) bond motifs is 1. The second kappa shape index (κ2) is 6.37. The normalized spacial score (nSPS) is 15.2. The van der Waals surface area contributed by atoms with E-state index in [1.165, 1.54) is 12.1 Å². The van der Waals surface area contributed by atoms with Gasteiger partial charge in [0.25, 0.3) is 15.9 Å². The van der Waals surface area contributed by atoms with Crippen molar-refractivity contribution in [1.29, 1.82) is 0 Å². The highest BCUT2D eigenvalue weighted by molar-refractivity contribution is 9.10. The molecule has 0 saturated carbocycles. The van der Waals surface area contributed by atoms with E-state index >= 15 is 0 Å². The van der Waals surface area contributed by atoms with Gasteiger partial charge in [-0.05, 0) is 40.2 Å². The van der Waals surface area contributed by atoms with Gasteiger partial charge in [0.05, 0.1) is 17.7 Å². The molecule has 1 aliphatic heterocycles. The van der Waals surface area contributed by atoms with Crippen molar-refractivity contribution < 1.29 is 22.7 Å². The molecule has 0 atom stereocenters. The van der Waals surface area contributed by atoms with Crippen molar-refractivity contribution >= 4 is 37.8 Å². The molecule has 0 aliphatic carbocycles. The zero-order chi connectivity index (χ0) is 17.3. The molecule has 1 heterocycles. The maximum absolute atomic E-state index is 12.4. The number of esters is 1. The molecular formula is C16H12BrNO5S. The quantitative estimate of drug-likeness (QED) is 0.724. The number of halogens is 1. The Morgan fingerprint density at radius 2 is 1.75 bits per heavy atom. The fraction of sp³-hybridized carbons (Fsp3) is 0.125. The largest absolute Gasteiger partial charge is 0.460 e. The van der Waals surface area contributed by atoms with E-state index in [-0.39, 0.29) is 23.6 Å². The first-order chi connectivity index (χ1) is 11.4. The van der Waals surface area contributed by atoms with Crippen LogP contribution in [0.4, 0.5) is 0 Å². The van der Waals surface area contributed by atoms with E-state index in [0.717, 1.165) is 4.31 Å². The average Bonchev–Trinajstić information content (AvgIpc) is 2.76. The summed E-state index contributed by atoms with van der Waals surface area (Å²) in [6.07, 6.45) is 0. The Labute approximate surface area is 147 Å². The molecule has 2 aromatic rings. The third kappa shape index (κ3) is 2.83. The van der Waals surface area contributed by atoms with Gasteiger partial charge in [0.15, 0.2) is 0 Å². The smallest absolute Gasteiger partial charge is 0.339 e. The van der Waals surface area contributed by atoms with Crippen molar-refractivity contribution in [2.45, 2.75) is 4.90 Å². The lowest BCUT2D eigenvalue weighted by Gasteiger charge is -2.15. The van der Waals surface area contributed by atoms with Crippen LogP contribution in [0.15, 0.2) is 57.9 Å². The van der Waals surface area contributed by atoms with E-state index in [1.54, 1.807) is 36.4 Å². The summed E-state index contributed by atoms with van der Waals surface area (Å²) in [6.45, 7) is -0.453. The van der Waals surface area contributed by atoms with Gasteiger partial charge in [0, 0.05) is 4.47 Å². The Balaban J connectivity index is 1.69. The monoisotopic (exact) mass is 409 g/mol. The molecule has 24 heavy (non-hydrogen) atoms. The molecule has 0 saturated heterocycles. The van der Waals surface area contributed by atoms with Crippen molar-refractivity contribution in [2.75, 3.05) is 13.2 Å². The van der Waals surface area contributed by atoms with Crippen LogP contribution in [0.2, 0.25) is 0 Å². The topological polar surface area (TPSA) is 80.8 Å². The third-order valence-electron chi connectivity index (χ3n) is 3.53. The second-order valence-corrected chi connectivity index (χ2v) is 7.68. The Bertz CT molecular complexity index is 926. The molecule has 0 spiro atoms. The number of carbonyl (C=O) groups excluding carboxylic acids is 2. The van der Waals surface area contributed by atoms with Crippen molar-refractivity contribution in [2.24, 2.45) is 0 Å². The molecular weight excluding hydrogens is 398 g/mol. The number of hydrogen-bond acceptors (Lipinski definition) is 5. The minimum absolute atomic E-state index is 0.0212. The molecule has 6 nitrogen and oxygen atoms in total. The molecule has 0 radical (unpaired) electrons. The lowest BCUT2D eigenvalue weighted by molar-refractivity contribution is 0.0476. The van der Waals surface area contributed by atoms with Gasteiger partial charge in [-0.2, -0.15) is 0 Å². The minimum Gasteiger partial charge on any atom is -0.460 e. The Kier molecular flexibility index (Phi) is 4.42. The van der Waals surface area contributed by atoms with E-state index in [1.807, 2.05) is 0 Å². The van der Waals surface area contributed by atoms with Crippen molar-refractivity contribution in [1.82, 2.24) is 4.31 Å².